The van der Waals surface area contributed by atoms with Gasteiger partial charge in [0.2, 0.25) is 0 Å². The van der Waals surface area contributed by atoms with E-state index in [-0.39, 0.29) is 21.7 Å². The SMILES string of the molecule is CC(C)(C)C1=C(C(C)(C)C)N(c2cc(-c3ccccc3)cc(C(C)(C)c3ccccc3)c2)CN1c1cccc(Oc2ccc3c4ccccc4n(-c4cc(C(C)(C)C)ccn4)c3c2)c1. The Morgan fingerprint density at radius 3 is 1.75 bits per heavy atom. The first-order valence-corrected chi connectivity index (χ1v) is 22.7. The Bertz CT molecular complexity index is 3030. The Balaban J connectivity index is 1.13. The third kappa shape index (κ3) is 7.98. The van der Waals surface area contributed by atoms with Crippen molar-refractivity contribution in [1.29, 1.82) is 0 Å². The van der Waals surface area contributed by atoms with Crippen LogP contribution < -0.4 is 14.5 Å². The monoisotopic (exact) mass is 842 g/mol. The van der Waals surface area contributed by atoms with Crippen LogP contribution in [-0.2, 0) is 10.8 Å². The first-order valence-electron chi connectivity index (χ1n) is 22.7. The molecule has 324 valence electrons. The van der Waals surface area contributed by atoms with Crippen LogP contribution >= 0.6 is 0 Å². The average molecular weight is 843 g/mol. The Hall–Kier alpha value is -6.59. The van der Waals surface area contributed by atoms with Gasteiger partial charge in [-0.05, 0) is 87.8 Å². The summed E-state index contributed by atoms with van der Waals surface area (Å²) in [4.78, 5) is 9.99. The van der Waals surface area contributed by atoms with E-state index >= 15 is 0 Å². The molecule has 0 saturated carbocycles. The van der Waals surface area contributed by atoms with Crippen LogP contribution in [0.2, 0.25) is 0 Å². The topological polar surface area (TPSA) is 33.5 Å². The van der Waals surface area contributed by atoms with Crippen LogP contribution in [0.4, 0.5) is 11.4 Å². The van der Waals surface area contributed by atoms with Crippen LogP contribution in [0.25, 0.3) is 38.8 Å². The van der Waals surface area contributed by atoms with Crippen LogP contribution in [0.15, 0.2) is 175 Å². The first kappa shape index (κ1) is 42.7. The van der Waals surface area contributed by atoms with Gasteiger partial charge < -0.3 is 14.5 Å². The Morgan fingerprint density at radius 1 is 0.438 bits per heavy atom. The summed E-state index contributed by atoms with van der Waals surface area (Å²) in [5.41, 5.74) is 12.7. The van der Waals surface area contributed by atoms with E-state index in [4.69, 9.17) is 9.72 Å². The van der Waals surface area contributed by atoms with Crippen molar-refractivity contribution >= 4 is 33.2 Å². The van der Waals surface area contributed by atoms with E-state index < -0.39 is 0 Å². The Morgan fingerprint density at radius 2 is 1.06 bits per heavy atom. The quantitative estimate of drug-likeness (QED) is 0.153. The van der Waals surface area contributed by atoms with E-state index in [1.54, 1.807) is 0 Å². The molecule has 64 heavy (non-hydrogen) atoms. The van der Waals surface area contributed by atoms with E-state index in [1.165, 1.54) is 50.3 Å². The molecule has 5 nitrogen and oxygen atoms in total. The lowest BCUT2D eigenvalue weighted by Crippen LogP contribution is -2.31. The summed E-state index contributed by atoms with van der Waals surface area (Å²) in [5, 5.41) is 2.35. The maximum atomic E-state index is 6.85. The third-order valence-electron chi connectivity index (χ3n) is 12.9. The molecule has 0 fully saturated rings. The summed E-state index contributed by atoms with van der Waals surface area (Å²) in [6, 6.07) is 56.9. The summed E-state index contributed by atoms with van der Waals surface area (Å²) in [7, 11) is 0. The highest BCUT2D eigenvalue weighted by molar-refractivity contribution is 6.09. The molecule has 1 aliphatic heterocycles. The molecule has 0 atom stereocenters. The van der Waals surface area contributed by atoms with Gasteiger partial charge in [-0.25, -0.2) is 4.98 Å². The average Bonchev–Trinajstić information content (AvgIpc) is 3.85. The Labute approximate surface area is 380 Å². The maximum Gasteiger partial charge on any atom is 0.137 e. The summed E-state index contributed by atoms with van der Waals surface area (Å²) in [5.74, 6) is 2.46. The zero-order valence-electron chi connectivity index (χ0n) is 39.5. The molecule has 0 bridgehead atoms. The van der Waals surface area contributed by atoms with Gasteiger partial charge in [0.15, 0.2) is 0 Å². The molecule has 0 unspecified atom stereocenters. The van der Waals surface area contributed by atoms with Gasteiger partial charge in [-0.2, -0.15) is 0 Å². The number of anilines is 2. The van der Waals surface area contributed by atoms with Crippen LogP contribution in [0, 0.1) is 10.8 Å². The lowest BCUT2D eigenvalue weighted by molar-refractivity contribution is 0.444. The van der Waals surface area contributed by atoms with Crippen molar-refractivity contribution in [2.24, 2.45) is 10.8 Å². The van der Waals surface area contributed by atoms with Crippen LogP contribution in [0.5, 0.6) is 11.5 Å². The van der Waals surface area contributed by atoms with Crippen molar-refractivity contribution in [1.82, 2.24) is 9.55 Å². The molecule has 0 saturated heterocycles. The lowest BCUT2D eigenvalue weighted by Gasteiger charge is -2.35. The van der Waals surface area contributed by atoms with E-state index in [0.717, 1.165) is 39.4 Å². The molecule has 0 aliphatic carbocycles. The molecule has 5 heteroatoms. The second-order valence-corrected chi connectivity index (χ2v) is 21.1. The van der Waals surface area contributed by atoms with Crippen molar-refractivity contribution in [3.8, 4) is 28.4 Å². The van der Waals surface area contributed by atoms with Crippen LogP contribution in [-0.4, -0.2) is 16.2 Å². The molecule has 9 rings (SSSR count). The van der Waals surface area contributed by atoms with Gasteiger partial charge >= 0.3 is 0 Å². The van der Waals surface area contributed by atoms with Crippen molar-refractivity contribution in [2.75, 3.05) is 16.5 Å². The summed E-state index contributed by atoms with van der Waals surface area (Å²) < 4.78 is 9.12. The normalized spacial score (nSPS) is 14.0. The Kier molecular flexibility index (Phi) is 10.6. The smallest absolute Gasteiger partial charge is 0.137 e. The highest BCUT2D eigenvalue weighted by Crippen LogP contribution is 2.49. The standard InChI is InChI=1S/C59H62N4O/c1-56(2,3)43-31-32-60-53(36-43)63-51-28-19-18-27-49(51)50-30-29-48(38-52(50)63)64-47-26-20-25-45(37-47)61-39-62(55(58(7,8)9)54(61)57(4,5)6)46-34-41(40-21-14-12-15-22-40)33-44(35-46)59(10,11)42-23-16-13-17-24-42/h12-38H,39H2,1-11H3. The zero-order valence-corrected chi connectivity index (χ0v) is 39.5. The molecule has 3 heterocycles. The number of ether oxygens (including phenoxy) is 1. The number of aromatic nitrogens is 2. The van der Waals surface area contributed by atoms with Crippen molar-refractivity contribution in [3.05, 3.63) is 192 Å². The number of allylic oxidation sites excluding steroid dienone is 2. The number of nitrogens with zero attached hydrogens (tertiary/aromatic N) is 4. The summed E-state index contributed by atoms with van der Waals surface area (Å²) in [6.07, 6.45) is 1.93. The number of hydrogen-bond acceptors (Lipinski definition) is 4. The van der Waals surface area contributed by atoms with Crippen molar-refractivity contribution in [3.63, 3.8) is 0 Å². The number of hydrogen-bond donors (Lipinski definition) is 0. The first-order chi connectivity index (χ1) is 30.4. The minimum absolute atomic E-state index is 0.00771. The number of para-hydroxylation sites is 1. The second kappa shape index (κ2) is 15.9. The van der Waals surface area contributed by atoms with Crippen LogP contribution in [0.1, 0.15) is 92.9 Å². The molecule has 0 N–H and O–H groups in total. The highest BCUT2D eigenvalue weighted by Gasteiger charge is 2.42. The molecular weight excluding hydrogens is 781 g/mol. The van der Waals surface area contributed by atoms with Crippen LogP contribution in [0.3, 0.4) is 0 Å². The molecular formula is C59H62N4O. The number of benzene rings is 6. The van der Waals surface area contributed by atoms with Gasteiger partial charge in [-0.3, -0.25) is 4.57 Å². The molecule has 1 aliphatic rings. The molecule has 0 spiro atoms. The van der Waals surface area contributed by atoms with E-state index in [0.29, 0.717) is 6.67 Å². The van der Waals surface area contributed by atoms with E-state index in [2.05, 4.69) is 248 Å². The van der Waals surface area contributed by atoms with Gasteiger partial charge in [0.1, 0.15) is 17.3 Å². The fourth-order valence-electron chi connectivity index (χ4n) is 9.55. The van der Waals surface area contributed by atoms with E-state index in [1.807, 2.05) is 6.20 Å². The number of pyridine rings is 1. The molecule has 6 aromatic carbocycles. The molecule has 0 amide bonds. The van der Waals surface area contributed by atoms with Gasteiger partial charge in [-0.15, -0.1) is 0 Å². The van der Waals surface area contributed by atoms with E-state index in [9.17, 15) is 0 Å². The largest absolute Gasteiger partial charge is 0.457 e. The molecule has 8 aromatic rings. The number of fused-ring (bicyclic) bond motifs is 3. The maximum absolute atomic E-state index is 6.85. The van der Waals surface area contributed by atoms with Crippen molar-refractivity contribution in [2.45, 2.75) is 87.0 Å². The predicted molar refractivity (Wildman–Crippen MR) is 270 cm³/mol. The minimum atomic E-state index is -0.227. The second-order valence-electron chi connectivity index (χ2n) is 21.1. The highest BCUT2D eigenvalue weighted by atomic mass is 16.5. The fourth-order valence-corrected chi connectivity index (χ4v) is 9.55. The minimum Gasteiger partial charge on any atom is -0.457 e. The summed E-state index contributed by atoms with van der Waals surface area (Å²) in [6.45, 7) is 26.2. The summed E-state index contributed by atoms with van der Waals surface area (Å²) >= 11 is 0. The lowest BCUT2D eigenvalue weighted by atomic mass is 9.77. The van der Waals surface area contributed by atoms with Gasteiger partial charge in [-0.1, -0.05) is 167 Å². The zero-order chi connectivity index (χ0) is 45.2. The van der Waals surface area contributed by atoms with Gasteiger partial charge in [0, 0.05) is 68.1 Å². The molecule has 2 aromatic heterocycles. The van der Waals surface area contributed by atoms with Gasteiger partial charge in [0.25, 0.3) is 0 Å². The van der Waals surface area contributed by atoms with Crippen molar-refractivity contribution < 1.29 is 4.74 Å². The van der Waals surface area contributed by atoms with Gasteiger partial charge in [0.05, 0.1) is 17.7 Å². The molecule has 0 radical (unpaired) electrons. The third-order valence-corrected chi connectivity index (χ3v) is 12.9. The predicted octanol–water partition coefficient (Wildman–Crippen LogP) is 15.8. The fraction of sp³-hybridized carbons (Fsp3) is 0.271. The number of rotatable bonds is 8.